The Kier molecular flexibility index (Phi) is 9.20. The second-order valence-electron chi connectivity index (χ2n) is 19.8. The summed E-state index contributed by atoms with van der Waals surface area (Å²) in [6.45, 7) is 20.9. The molecule has 6 aliphatic rings. The molecular formula is C42H67NO5. The summed E-state index contributed by atoms with van der Waals surface area (Å²) in [7, 11) is 0. The lowest BCUT2D eigenvalue weighted by Crippen LogP contribution is -2.66. The number of carbonyl (C=O) groups excluding carboxylic acids is 2. The van der Waals surface area contributed by atoms with E-state index in [9.17, 15) is 19.5 Å². The highest BCUT2D eigenvalue weighted by Gasteiger charge is 2.70. The molecule has 2 N–H and O–H groups in total. The van der Waals surface area contributed by atoms with Crippen LogP contribution in [0.25, 0.3) is 0 Å². The Morgan fingerprint density at radius 1 is 0.854 bits per heavy atom. The highest BCUT2D eigenvalue weighted by molar-refractivity contribution is 5.91. The SMILES string of the molecule is CC(C)C1=C2[C@H]3CC[C@@H]4[C@@]5(C)CC[C@H](OC(=O)CC(C)(C)C(=O)O)C(C)(C)[C@@H]5CC[C@@]4(C)[C@]3(C)CC[C@@]2(C(=O)CNC2CCCC2)CC1. The molecular weight excluding hydrogens is 598 g/mol. The molecule has 6 heteroatoms. The second kappa shape index (κ2) is 12.2. The van der Waals surface area contributed by atoms with Crippen LogP contribution in [-0.2, 0) is 19.1 Å². The van der Waals surface area contributed by atoms with Gasteiger partial charge in [0.2, 0.25) is 0 Å². The number of ether oxygens (including phenoxy) is 1. The molecule has 6 aliphatic carbocycles. The standard InChI is InChI=1S/C42H67NO5/c1-26(2)28-16-21-42(32(44)25-43-27-12-10-11-13-27)23-22-40(8)29(35(28)42)14-15-31-39(7)19-18-33(48-34(45)24-37(3,4)36(46)47)38(5,6)30(39)17-20-41(31,40)9/h26-27,29-31,33,43H,10-25H2,1-9H3,(H,46,47)/t29-,30+,31-,33+,39+,40-,41-,42-/m1/s1. The maximum atomic E-state index is 14.4. The highest BCUT2D eigenvalue weighted by Crippen LogP contribution is 2.77. The van der Waals surface area contributed by atoms with Crippen molar-refractivity contribution in [1.29, 1.82) is 0 Å². The first-order valence-electron chi connectivity index (χ1n) is 19.8. The summed E-state index contributed by atoms with van der Waals surface area (Å²) in [5.74, 6) is 1.11. The first kappa shape index (κ1) is 36.1. The average Bonchev–Trinajstić information content (AvgIpc) is 3.66. The minimum absolute atomic E-state index is 0.105. The Morgan fingerprint density at radius 3 is 2.19 bits per heavy atom. The van der Waals surface area contributed by atoms with E-state index in [1.165, 1.54) is 44.9 Å². The number of rotatable bonds is 9. The van der Waals surface area contributed by atoms with Crippen molar-refractivity contribution < 1.29 is 24.2 Å². The maximum Gasteiger partial charge on any atom is 0.309 e. The molecule has 6 rings (SSSR count). The molecule has 0 heterocycles. The zero-order valence-electron chi connectivity index (χ0n) is 31.9. The fourth-order valence-electron chi connectivity index (χ4n) is 13.5. The molecule has 0 saturated heterocycles. The van der Waals surface area contributed by atoms with Gasteiger partial charge in [-0.25, -0.2) is 0 Å². The molecule has 48 heavy (non-hydrogen) atoms. The zero-order chi connectivity index (χ0) is 35.1. The molecule has 8 atom stereocenters. The van der Waals surface area contributed by atoms with Gasteiger partial charge in [-0.1, -0.05) is 72.5 Å². The molecule has 5 saturated carbocycles. The summed E-state index contributed by atoms with van der Waals surface area (Å²) in [4.78, 5) is 39.2. The van der Waals surface area contributed by atoms with Crippen molar-refractivity contribution in [1.82, 2.24) is 5.32 Å². The van der Waals surface area contributed by atoms with Gasteiger partial charge in [0.05, 0.1) is 23.8 Å². The summed E-state index contributed by atoms with van der Waals surface area (Å²) in [6, 6.07) is 0.516. The van der Waals surface area contributed by atoms with Gasteiger partial charge < -0.3 is 15.2 Å². The zero-order valence-corrected chi connectivity index (χ0v) is 31.9. The lowest BCUT2D eigenvalue weighted by molar-refractivity contribution is -0.233. The monoisotopic (exact) mass is 666 g/mol. The minimum atomic E-state index is -1.13. The molecule has 0 aliphatic heterocycles. The Balaban J connectivity index is 1.26. The Bertz CT molecular complexity index is 1340. The second-order valence-corrected chi connectivity index (χ2v) is 19.8. The molecule has 0 bridgehead atoms. The van der Waals surface area contributed by atoms with Crippen LogP contribution < -0.4 is 5.32 Å². The minimum Gasteiger partial charge on any atom is -0.481 e. The molecule has 0 amide bonds. The molecule has 0 aromatic carbocycles. The van der Waals surface area contributed by atoms with Crippen molar-refractivity contribution >= 4 is 17.7 Å². The maximum absolute atomic E-state index is 14.4. The number of aliphatic carboxylic acids is 1. The third-order valence-corrected chi connectivity index (χ3v) is 16.5. The Morgan fingerprint density at radius 2 is 1.54 bits per heavy atom. The lowest BCUT2D eigenvalue weighted by atomic mass is 9.33. The van der Waals surface area contributed by atoms with E-state index in [0.29, 0.717) is 42.0 Å². The number of esters is 1. The topological polar surface area (TPSA) is 92.7 Å². The number of Topliss-reactive ketones (excluding diaryl/α,β-unsaturated/α-hetero) is 1. The number of allylic oxidation sites excluding steroid dienone is 2. The van der Waals surface area contributed by atoms with Gasteiger partial charge in [0, 0.05) is 11.5 Å². The molecule has 0 unspecified atom stereocenters. The number of ketones is 1. The van der Waals surface area contributed by atoms with E-state index >= 15 is 0 Å². The van der Waals surface area contributed by atoms with Gasteiger partial charge in [-0.05, 0) is 131 Å². The predicted molar refractivity (Wildman–Crippen MR) is 190 cm³/mol. The van der Waals surface area contributed by atoms with Crippen LogP contribution in [-0.4, -0.2) is 41.5 Å². The molecule has 0 spiro atoms. The molecule has 5 fully saturated rings. The predicted octanol–water partition coefficient (Wildman–Crippen LogP) is 9.30. The number of carboxylic acids is 1. The van der Waals surface area contributed by atoms with Crippen molar-refractivity contribution in [2.75, 3.05) is 6.54 Å². The van der Waals surface area contributed by atoms with Crippen LogP contribution >= 0.6 is 0 Å². The van der Waals surface area contributed by atoms with Gasteiger partial charge in [0.1, 0.15) is 6.10 Å². The van der Waals surface area contributed by atoms with Crippen molar-refractivity contribution in [2.45, 2.75) is 171 Å². The summed E-state index contributed by atoms with van der Waals surface area (Å²) >= 11 is 0. The van der Waals surface area contributed by atoms with Crippen LogP contribution in [0.15, 0.2) is 11.1 Å². The average molecular weight is 666 g/mol. The summed E-state index contributed by atoms with van der Waals surface area (Å²) in [6.07, 6.45) is 15.5. The van der Waals surface area contributed by atoms with Gasteiger partial charge in [-0.15, -0.1) is 0 Å². The largest absolute Gasteiger partial charge is 0.481 e. The van der Waals surface area contributed by atoms with E-state index in [0.717, 1.165) is 44.9 Å². The Hall–Kier alpha value is -1.69. The first-order valence-corrected chi connectivity index (χ1v) is 19.8. The number of hydrogen-bond acceptors (Lipinski definition) is 5. The fourth-order valence-corrected chi connectivity index (χ4v) is 13.5. The van der Waals surface area contributed by atoms with Crippen molar-refractivity contribution in [3.63, 3.8) is 0 Å². The quantitative estimate of drug-likeness (QED) is 0.188. The van der Waals surface area contributed by atoms with Crippen molar-refractivity contribution in [3.05, 3.63) is 11.1 Å². The van der Waals surface area contributed by atoms with E-state index in [1.807, 2.05) is 0 Å². The number of fused-ring (bicyclic) bond motifs is 7. The molecule has 0 aromatic heterocycles. The van der Waals surface area contributed by atoms with E-state index in [2.05, 4.69) is 53.8 Å². The lowest BCUT2D eigenvalue weighted by Gasteiger charge is -2.72. The fraction of sp³-hybridized carbons (Fsp3) is 0.881. The smallest absolute Gasteiger partial charge is 0.309 e. The summed E-state index contributed by atoms with van der Waals surface area (Å²) in [5.41, 5.74) is 2.10. The van der Waals surface area contributed by atoms with E-state index in [1.54, 1.807) is 25.0 Å². The summed E-state index contributed by atoms with van der Waals surface area (Å²) in [5, 5.41) is 13.3. The van der Waals surface area contributed by atoms with Crippen LogP contribution in [0.3, 0.4) is 0 Å². The molecule has 0 radical (unpaired) electrons. The number of carbonyl (C=O) groups is 3. The van der Waals surface area contributed by atoms with Crippen LogP contribution in [0, 0.1) is 56.2 Å². The van der Waals surface area contributed by atoms with E-state index in [4.69, 9.17) is 4.74 Å². The number of carboxylic acid groups (broad SMARTS) is 1. The Labute approximate surface area is 291 Å². The number of hydrogen-bond donors (Lipinski definition) is 2. The number of nitrogens with one attached hydrogen (secondary N) is 1. The van der Waals surface area contributed by atoms with Crippen LogP contribution in [0.5, 0.6) is 0 Å². The van der Waals surface area contributed by atoms with Gasteiger partial charge in [0.15, 0.2) is 5.78 Å². The molecule has 6 nitrogen and oxygen atoms in total. The van der Waals surface area contributed by atoms with Crippen molar-refractivity contribution in [3.8, 4) is 0 Å². The van der Waals surface area contributed by atoms with E-state index < -0.39 is 11.4 Å². The van der Waals surface area contributed by atoms with Crippen molar-refractivity contribution in [2.24, 2.45) is 56.2 Å². The van der Waals surface area contributed by atoms with Gasteiger partial charge >= 0.3 is 11.9 Å². The van der Waals surface area contributed by atoms with Gasteiger partial charge in [0.25, 0.3) is 0 Å². The molecule has 0 aromatic rings. The van der Waals surface area contributed by atoms with Crippen LogP contribution in [0.1, 0.15) is 159 Å². The van der Waals surface area contributed by atoms with Gasteiger partial charge in [-0.3, -0.25) is 14.4 Å². The van der Waals surface area contributed by atoms with Crippen LogP contribution in [0.2, 0.25) is 0 Å². The van der Waals surface area contributed by atoms with Gasteiger partial charge in [-0.2, -0.15) is 0 Å². The molecule has 270 valence electrons. The first-order chi connectivity index (χ1) is 22.3. The third kappa shape index (κ3) is 5.38. The normalized spacial score (nSPS) is 41.0. The summed E-state index contributed by atoms with van der Waals surface area (Å²) < 4.78 is 6.18. The third-order valence-electron chi connectivity index (χ3n) is 16.5. The van der Waals surface area contributed by atoms with E-state index in [-0.39, 0.29) is 45.6 Å². The highest BCUT2D eigenvalue weighted by atomic mass is 16.5. The van der Waals surface area contributed by atoms with Crippen LogP contribution in [0.4, 0.5) is 0 Å².